The molecule has 0 fully saturated rings. The van der Waals surface area contributed by atoms with E-state index in [1.807, 2.05) is 19.1 Å². The molecule has 2 heteroatoms. The highest BCUT2D eigenvalue weighted by Crippen LogP contribution is 2.46. The molecule has 0 saturated carbocycles. The third kappa shape index (κ3) is 4.63. The van der Waals surface area contributed by atoms with E-state index in [1.165, 1.54) is 35.1 Å². The van der Waals surface area contributed by atoms with Crippen LogP contribution in [-0.4, -0.2) is 11.1 Å². The van der Waals surface area contributed by atoms with Crippen LogP contribution in [0, 0.1) is 0 Å². The molecular weight excluding hydrogens is 356 g/mol. The quantitative estimate of drug-likeness (QED) is 0.549. The van der Waals surface area contributed by atoms with Crippen molar-refractivity contribution in [1.29, 1.82) is 0 Å². The molecule has 154 valence electrons. The van der Waals surface area contributed by atoms with E-state index in [0.717, 1.165) is 11.1 Å². The van der Waals surface area contributed by atoms with Gasteiger partial charge < -0.3 is 5.11 Å². The Balaban J connectivity index is 1.88. The molecule has 0 saturated heterocycles. The van der Waals surface area contributed by atoms with Gasteiger partial charge in [0.25, 0.3) is 0 Å². The van der Waals surface area contributed by atoms with E-state index in [2.05, 4.69) is 71.0 Å². The van der Waals surface area contributed by atoms with Crippen LogP contribution in [0.4, 0.5) is 0 Å². The monoisotopic (exact) mass is 390 g/mol. The molecule has 29 heavy (non-hydrogen) atoms. The fraction of sp³-hybridized carbons (Fsp3) is 0.444. The normalized spacial score (nSPS) is 18.8. The van der Waals surface area contributed by atoms with Gasteiger partial charge in [0.1, 0.15) is 0 Å². The van der Waals surface area contributed by atoms with Crippen molar-refractivity contribution >= 4 is 17.6 Å². The first-order valence-corrected chi connectivity index (χ1v) is 10.6. The van der Waals surface area contributed by atoms with Crippen LogP contribution < -0.4 is 0 Å². The average Bonchev–Trinajstić information content (AvgIpc) is 2.65. The predicted octanol–water partition coefficient (Wildman–Crippen LogP) is 7.17. The molecule has 0 aromatic heterocycles. The summed E-state index contributed by atoms with van der Waals surface area (Å²) >= 11 is 0. The molecule has 0 heterocycles. The zero-order valence-electron chi connectivity index (χ0n) is 18.7. The summed E-state index contributed by atoms with van der Waals surface area (Å²) in [5.41, 5.74) is 8.16. The lowest BCUT2D eigenvalue weighted by Gasteiger charge is -2.42. The SMILES string of the molecule is C/C(=C\c1ccc(C(C)CC(=O)O)cc1)c1ccc2c(c1)C(C)(C)CCC2(C)C. The van der Waals surface area contributed by atoms with Crippen molar-refractivity contribution in [3.05, 3.63) is 70.3 Å². The second-order valence-electron chi connectivity index (χ2n) is 10.0. The molecule has 0 radical (unpaired) electrons. The lowest BCUT2D eigenvalue weighted by Crippen LogP contribution is -2.33. The molecule has 0 aliphatic heterocycles. The first-order chi connectivity index (χ1) is 13.5. The number of allylic oxidation sites excluding steroid dienone is 1. The van der Waals surface area contributed by atoms with E-state index in [1.54, 1.807) is 0 Å². The standard InChI is InChI=1S/C27H34O2/c1-18(15-20-7-9-21(10-8-20)19(2)16-25(28)29)22-11-12-23-24(17-22)27(5,6)14-13-26(23,3)4/h7-12,15,17,19H,13-14,16H2,1-6H3,(H,28,29)/b18-15+. The lowest BCUT2D eigenvalue weighted by molar-refractivity contribution is -0.137. The molecule has 2 aromatic carbocycles. The summed E-state index contributed by atoms with van der Waals surface area (Å²) in [6.07, 6.45) is 4.83. The van der Waals surface area contributed by atoms with Gasteiger partial charge >= 0.3 is 5.97 Å². The van der Waals surface area contributed by atoms with Gasteiger partial charge in [-0.3, -0.25) is 4.79 Å². The minimum absolute atomic E-state index is 0.0258. The number of carboxylic acid groups (broad SMARTS) is 1. The van der Waals surface area contributed by atoms with Crippen LogP contribution >= 0.6 is 0 Å². The van der Waals surface area contributed by atoms with Gasteiger partial charge in [0, 0.05) is 0 Å². The summed E-state index contributed by atoms with van der Waals surface area (Å²) in [4.78, 5) is 10.9. The Hall–Kier alpha value is -2.35. The summed E-state index contributed by atoms with van der Waals surface area (Å²) in [6, 6.07) is 15.3. The van der Waals surface area contributed by atoms with E-state index in [-0.39, 0.29) is 23.2 Å². The highest BCUT2D eigenvalue weighted by atomic mass is 16.4. The zero-order valence-corrected chi connectivity index (χ0v) is 18.7. The van der Waals surface area contributed by atoms with Crippen LogP contribution in [0.5, 0.6) is 0 Å². The number of aliphatic carboxylic acids is 1. The van der Waals surface area contributed by atoms with E-state index in [4.69, 9.17) is 5.11 Å². The van der Waals surface area contributed by atoms with E-state index in [0.29, 0.717) is 0 Å². The van der Waals surface area contributed by atoms with E-state index >= 15 is 0 Å². The third-order valence-electron chi connectivity index (χ3n) is 6.68. The summed E-state index contributed by atoms with van der Waals surface area (Å²) in [5.74, 6) is -0.728. The largest absolute Gasteiger partial charge is 0.481 e. The van der Waals surface area contributed by atoms with Crippen LogP contribution in [0.3, 0.4) is 0 Å². The molecule has 1 aliphatic carbocycles. The maximum Gasteiger partial charge on any atom is 0.303 e. The second-order valence-corrected chi connectivity index (χ2v) is 10.0. The molecule has 0 spiro atoms. The highest BCUT2D eigenvalue weighted by molar-refractivity contribution is 5.81. The van der Waals surface area contributed by atoms with Gasteiger partial charge in [0.2, 0.25) is 0 Å². The summed E-state index contributed by atoms with van der Waals surface area (Å²) in [7, 11) is 0. The van der Waals surface area contributed by atoms with Gasteiger partial charge in [-0.05, 0) is 69.9 Å². The third-order valence-corrected chi connectivity index (χ3v) is 6.68. The minimum Gasteiger partial charge on any atom is -0.481 e. The maximum atomic E-state index is 10.9. The van der Waals surface area contributed by atoms with Crippen LogP contribution in [-0.2, 0) is 15.6 Å². The van der Waals surface area contributed by atoms with E-state index in [9.17, 15) is 4.79 Å². The molecule has 1 unspecified atom stereocenters. The molecule has 0 bridgehead atoms. The molecule has 2 aromatic rings. The Kier molecular flexibility index (Phi) is 5.76. The summed E-state index contributed by atoms with van der Waals surface area (Å²) in [6.45, 7) is 13.6. The van der Waals surface area contributed by atoms with Crippen molar-refractivity contribution in [2.24, 2.45) is 0 Å². The Bertz CT molecular complexity index is 930. The Morgan fingerprint density at radius 3 is 2.17 bits per heavy atom. The summed E-state index contributed by atoms with van der Waals surface area (Å²) in [5, 5.41) is 8.99. The average molecular weight is 391 g/mol. The molecule has 3 rings (SSSR count). The van der Waals surface area contributed by atoms with Crippen LogP contribution in [0.1, 0.15) is 94.5 Å². The van der Waals surface area contributed by atoms with Crippen LogP contribution in [0.2, 0.25) is 0 Å². The highest BCUT2D eigenvalue weighted by Gasteiger charge is 2.36. The second kappa shape index (κ2) is 7.82. The number of hydrogen-bond acceptors (Lipinski definition) is 1. The van der Waals surface area contributed by atoms with E-state index < -0.39 is 5.97 Å². The Labute approximate surface area is 175 Å². The molecule has 1 N–H and O–H groups in total. The smallest absolute Gasteiger partial charge is 0.303 e. The minimum atomic E-state index is -0.754. The Morgan fingerprint density at radius 2 is 1.59 bits per heavy atom. The number of rotatable bonds is 5. The van der Waals surface area contributed by atoms with Crippen molar-refractivity contribution in [1.82, 2.24) is 0 Å². The maximum absolute atomic E-state index is 10.9. The fourth-order valence-electron chi connectivity index (χ4n) is 4.47. The van der Waals surface area contributed by atoms with Gasteiger partial charge in [-0.15, -0.1) is 0 Å². The van der Waals surface area contributed by atoms with Gasteiger partial charge in [0.05, 0.1) is 6.42 Å². The molecular formula is C27H34O2. The van der Waals surface area contributed by atoms with Gasteiger partial charge in [-0.25, -0.2) is 0 Å². The van der Waals surface area contributed by atoms with Crippen molar-refractivity contribution in [3.8, 4) is 0 Å². The van der Waals surface area contributed by atoms with Crippen LogP contribution in [0.25, 0.3) is 11.6 Å². The predicted molar refractivity (Wildman–Crippen MR) is 122 cm³/mol. The number of fused-ring (bicyclic) bond motifs is 1. The lowest BCUT2D eigenvalue weighted by atomic mass is 9.63. The topological polar surface area (TPSA) is 37.3 Å². The fourth-order valence-corrected chi connectivity index (χ4v) is 4.47. The van der Waals surface area contributed by atoms with Gasteiger partial charge in [-0.1, -0.05) is 83.2 Å². The summed E-state index contributed by atoms with van der Waals surface area (Å²) < 4.78 is 0. The molecule has 1 atom stereocenters. The molecule has 2 nitrogen and oxygen atoms in total. The van der Waals surface area contributed by atoms with Crippen molar-refractivity contribution < 1.29 is 9.90 Å². The number of carbonyl (C=O) groups is 1. The molecule has 1 aliphatic rings. The first kappa shape index (κ1) is 21.4. The number of benzene rings is 2. The Morgan fingerprint density at radius 1 is 1.00 bits per heavy atom. The van der Waals surface area contributed by atoms with Crippen molar-refractivity contribution in [2.75, 3.05) is 0 Å². The number of carboxylic acids is 1. The van der Waals surface area contributed by atoms with Gasteiger partial charge in [0.15, 0.2) is 0 Å². The molecule has 0 amide bonds. The van der Waals surface area contributed by atoms with Crippen LogP contribution in [0.15, 0.2) is 42.5 Å². The van der Waals surface area contributed by atoms with Crippen molar-refractivity contribution in [3.63, 3.8) is 0 Å². The van der Waals surface area contributed by atoms with Crippen molar-refractivity contribution in [2.45, 2.75) is 77.6 Å². The zero-order chi connectivity index (χ0) is 21.4. The number of hydrogen-bond donors (Lipinski definition) is 1. The first-order valence-electron chi connectivity index (χ1n) is 10.6. The van der Waals surface area contributed by atoms with Gasteiger partial charge in [-0.2, -0.15) is 0 Å².